The predicted molar refractivity (Wildman–Crippen MR) is 134 cm³/mol. The monoisotopic (exact) mass is 482 g/mol. The third-order valence-electron chi connectivity index (χ3n) is 5.40. The number of benzene rings is 2. The second kappa shape index (κ2) is 13.5. The second-order valence-corrected chi connectivity index (χ2v) is 8.41. The van der Waals surface area contributed by atoms with Crippen molar-refractivity contribution in [3.8, 4) is 11.5 Å². The molecule has 9 nitrogen and oxygen atoms in total. The minimum Gasteiger partial charge on any atom is -0.492 e. The van der Waals surface area contributed by atoms with E-state index in [9.17, 15) is 14.7 Å². The molecule has 1 heterocycles. The maximum absolute atomic E-state index is 13.0. The number of hydrogen-bond donors (Lipinski definition) is 4. The Morgan fingerprint density at radius 2 is 1.97 bits per heavy atom. The summed E-state index contributed by atoms with van der Waals surface area (Å²) in [6.07, 6.45) is 0.445. The molecule has 0 saturated carbocycles. The predicted octanol–water partition coefficient (Wildman–Crippen LogP) is 2.09. The van der Waals surface area contributed by atoms with E-state index in [-0.39, 0.29) is 24.3 Å². The molecule has 3 rings (SSSR count). The number of ether oxygens (including phenoxy) is 2. The fraction of sp³-hybridized carbons (Fsp3) is 0.423. The maximum Gasteiger partial charge on any atom is 0.255 e. The highest BCUT2D eigenvalue weighted by molar-refractivity contribution is 6.10. The largest absolute Gasteiger partial charge is 0.492 e. The lowest BCUT2D eigenvalue weighted by Crippen LogP contribution is -2.37. The highest BCUT2D eigenvalue weighted by atomic mass is 16.5. The molecule has 0 spiro atoms. The summed E-state index contributed by atoms with van der Waals surface area (Å²) in [5.41, 5.74) is 4.34. The molecule has 0 radical (unpaired) electrons. The highest BCUT2D eigenvalue weighted by Crippen LogP contribution is 2.29. The highest BCUT2D eigenvalue weighted by Gasteiger charge is 2.26. The van der Waals surface area contributed by atoms with Crippen molar-refractivity contribution >= 4 is 17.5 Å². The molecule has 2 aromatic rings. The van der Waals surface area contributed by atoms with Gasteiger partial charge in [0.05, 0.1) is 17.9 Å². The van der Waals surface area contributed by atoms with Gasteiger partial charge in [-0.1, -0.05) is 38.1 Å². The van der Waals surface area contributed by atoms with Gasteiger partial charge < -0.3 is 25.2 Å². The summed E-state index contributed by atoms with van der Waals surface area (Å²) in [6.45, 7) is 5.75. The van der Waals surface area contributed by atoms with Crippen LogP contribution in [0.1, 0.15) is 42.6 Å². The number of nitrogens with zero attached hydrogens (tertiary/aromatic N) is 1. The molecule has 1 aliphatic heterocycles. The lowest BCUT2D eigenvalue weighted by molar-refractivity contribution is -0.121. The van der Waals surface area contributed by atoms with Crippen LogP contribution in [0.4, 0.5) is 0 Å². The first-order valence-electron chi connectivity index (χ1n) is 12.0. The molecule has 2 aromatic carbocycles. The molecular weight excluding hydrogens is 448 g/mol. The number of para-hydroxylation sites is 2. The summed E-state index contributed by atoms with van der Waals surface area (Å²) in [5, 5.41) is 20.3. The van der Waals surface area contributed by atoms with E-state index in [1.807, 2.05) is 50.2 Å². The van der Waals surface area contributed by atoms with Crippen LogP contribution < -0.4 is 25.5 Å². The molecule has 0 aliphatic carbocycles. The molecule has 0 bridgehead atoms. The van der Waals surface area contributed by atoms with Gasteiger partial charge in [0.2, 0.25) is 5.91 Å². The van der Waals surface area contributed by atoms with Crippen LogP contribution >= 0.6 is 0 Å². The van der Waals surface area contributed by atoms with Crippen LogP contribution in [-0.4, -0.2) is 61.6 Å². The minimum atomic E-state index is -0.671. The van der Waals surface area contributed by atoms with E-state index in [1.165, 1.54) is 0 Å². The van der Waals surface area contributed by atoms with Gasteiger partial charge in [-0.2, -0.15) is 5.10 Å². The van der Waals surface area contributed by atoms with Crippen molar-refractivity contribution in [2.24, 2.45) is 11.0 Å². The zero-order valence-corrected chi connectivity index (χ0v) is 20.3. The van der Waals surface area contributed by atoms with Gasteiger partial charge in [-0.25, -0.2) is 5.43 Å². The van der Waals surface area contributed by atoms with E-state index >= 15 is 0 Å². The van der Waals surface area contributed by atoms with Gasteiger partial charge in [0, 0.05) is 37.5 Å². The smallest absolute Gasteiger partial charge is 0.255 e. The van der Waals surface area contributed by atoms with Crippen LogP contribution in [0.15, 0.2) is 53.6 Å². The van der Waals surface area contributed by atoms with E-state index in [0.717, 1.165) is 6.42 Å². The summed E-state index contributed by atoms with van der Waals surface area (Å²) in [6, 6.07) is 14.7. The molecule has 2 atom stereocenters. The number of carbonyl (C=O) groups is 2. The van der Waals surface area contributed by atoms with Gasteiger partial charge >= 0.3 is 0 Å². The van der Waals surface area contributed by atoms with Crippen LogP contribution in [0, 0.1) is 5.92 Å². The Bertz CT molecular complexity index is 1010. The zero-order valence-electron chi connectivity index (χ0n) is 20.3. The Hall–Kier alpha value is -3.43. The van der Waals surface area contributed by atoms with Gasteiger partial charge in [-0.3, -0.25) is 9.59 Å². The van der Waals surface area contributed by atoms with Gasteiger partial charge in [0.25, 0.3) is 5.91 Å². The average molecular weight is 483 g/mol. The van der Waals surface area contributed by atoms with Crippen LogP contribution in [0.3, 0.4) is 0 Å². The molecule has 0 aromatic heterocycles. The van der Waals surface area contributed by atoms with Crippen LogP contribution in [0.25, 0.3) is 0 Å². The Morgan fingerprint density at radius 1 is 1.17 bits per heavy atom. The Morgan fingerprint density at radius 3 is 2.71 bits per heavy atom. The maximum atomic E-state index is 13.0. The third-order valence-corrected chi connectivity index (χ3v) is 5.40. The number of aliphatic hydroxyl groups excluding tert-OH is 1. The lowest BCUT2D eigenvalue weighted by atomic mass is 9.92. The molecule has 1 aliphatic rings. The number of hydrogen-bond acceptors (Lipinski definition) is 7. The second-order valence-electron chi connectivity index (χ2n) is 8.41. The summed E-state index contributed by atoms with van der Waals surface area (Å²) in [4.78, 5) is 24.6. The van der Waals surface area contributed by atoms with Crippen molar-refractivity contribution in [3.63, 3.8) is 0 Å². The topological polar surface area (TPSA) is 121 Å². The normalized spacial score (nSPS) is 16.1. The number of carbonyl (C=O) groups excluding carboxylic acids is 2. The van der Waals surface area contributed by atoms with E-state index in [0.29, 0.717) is 61.0 Å². The number of rotatable bonds is 13. The van der Waals surface area contributed by atoms with Crippen molar-refractivity contribution in [1.82, 2.24) is 16.1 Å². The summed E-state index contributed by atoms with van der Waals surface area (Å²) < 4.78 is 11.5. The molecule has 0 saturated heterocycles. The molecule has 35 heavy (non-hydrogen) atoms. The van der Waals surface area contributed by atoms with Gasteiger partial charge in [0.1, 0.15) is 24.2 Å². The van der Waals surface area contributed by atoms with E-state index in [4.69, 9.17) is 9.47 Å². The standard InChI is InChI=1S/C26H34N4O5/c1-3-14-34-25-21(24-18(2)15-23(32)29-30-24)10-7-11-22(25)26(33)28-13-12-27-16-19(31)17-35-20-8-5-4-6-9-20/h4-11,18-19,27,31H,3,12-17H2,1-2H3,(H,28,33)(H,29,32). The van der Waals surface area contributed by atoms with Crippen molar-refractivity contribution in [2.75, 3.05) is 32.8 Å². The van der Waals surface area contributed by atoms with Crippen LogP contribution in [0.5, 0.6) is 11.5 Å². The average Bonchev–Trinajstić information content (AvgIpc) is 2.86. The van der Waals surface area contributed by atoms with Crippen molar-refractivity contribution in [2.45, 2.75) is 32.8 Å². The number of amides is 2. The number of hydrazone groups is 1. The quantitative estimate of drug-likeness (QED) is 0.325. The Balaban J connectivity index is 1.53. The molecule has 4 N–H and O–H groups in total. The summed E-state index contributed by atoms with van der Waals surface area (Å²) in [5.74, 6) is 0.692. The number of nitrogens with one attached hydrogen (secondary N) is 3. The molecule has 188 valence electrons. The SMILES string of the molecule is CCCOc1c(C(=O)NCCNCC(O)COc2ccccc2)cccc1C1=NNC(=O)CC1C. The Kier molecular flexibility index (Phi) is 10.1. The van der Waals surface area contributed by atoms with Crippen LogP contribution in [-0.2, 0) is 4.79 Å². The molecule has 9 heteroatoms. The van der Waals surface area contributed by atoms with Crippen molar-refractivity contribution in [3.05, 3.63) is 59.7 Å². The van der Waals surface area contributed by atoms with Gasteiger partial charge in [-0.15, -0.1) is 0 Å². The third kappa shape index (κ3) is 7.80. The summed E-state index contributed by atoms with van der Waals surface area (Å²) >= 11 is 0. The zero-order chi connectivity index (χ0) is 25.0. The van der Waals surface area contributed by atoms with Crippen LogP contribution in [0.2, 0.25) is 0 Å². The number of aliphatic hydroxyl groups is 1. The van der Waals surface area contributed by atoms with E-state index < -0.39 is 6.10 Å². The van der Waals surface area contributed by atoms with Gasteiger partial charge in [0.15, 0.2) is 0 Å². The lowest BCUT2D eigenvalue weighted by Gasteiger charge is -2.22. The molecule has 2 unspecified atom stereocenters. The van der Waals surface area contributed by atoms with Crippen molar-refractivity contribution < 1.29 is 24.2 Å². The Labute approximate surface area is 205 Å². The molecule has 2 amide bonds. The van der Waals surface area contributed by atoms with Gasteiger partial charge in [-0.05, 0) is 30.7 Å². The first-order valence-corrected chi connectivity index (χ1v) is 12.0. The van der Waals surface area contributed by atoms with E-state index in [1.54, 1.807) is 12.1 Å². The first kappa shape index (κ1) is 26.2. The fourth-order valence-electron chi connectivity index (χ4n) is 3.65. The first-order chi connectivity index (χ1) is 17.0. The van der Waals surface area contributed by atoms with E-state index in [2.05, 4.69) is 21.2 Å². The summed E-state index contributed by atoms with van der Waals surface area (Å²) in [7, 11) is 0. The molecule has 0 fully saturated rings. The minimum absolute atomic E-state index is 0.0902. The fourth-order valence-corrected chi connectivity index (χ4v) is 3.65. The molecular formula is C26H34N4O5. The van der Waals surface area contributed by atoms with Crippen molar-refractivity contribution in [1.29, 1.82) is 0 Å².